The fourth-order valence-electron chi connectivity index (χ4n) is 3.16. The molecule has 2 fully saturated rings. The molecule has 1 saturated heterocycles. The Bertz CT molecular complexity index is 544. The Labute approximate surface area is 135 Å². The van der Waals surface area contributed by atoms with Crippen LogP contribution in [0.1, 0.15) is 24.8 Å². The van der Waals surface area contributed by atoms with E-state index in [9.17, 15) is 9.59 Å². The van der Waals surface area contributed by atoms with Gasteiger partial charge in [0.1, 0.15) is 3.23 Å². The predicted octanol–water partition coefficient (Wildman–Crippen LogP) is 3.25. The number of fused-ring (bicyclic) bond motifs is 2. The van der Waals surface area contributed by atoms with Gasteiger partial charge < -0.3 is 4.90 Å². The average molecular weight is 401 g/mol. The molecule has 2 bridgehead atoms. The molecule has 0 radical (unpaired) electrons. The lowest BCUT2D eigenvalue weighted by Crippen LogP contribution is -2.55. The van der Waals surface area contributed by atoms with Crippen molar-refractivity contribution in [2.24, 2.45) is 5.92 Å². The zero-order chi connectivity index (χ0) is 14.3. The van der Waals surface area contributed by atoms with Crippen LogP contribution in [0.2, 0.25) is 0 Å². The lowest BCUT2D eigenvalue weighted by Gasteiger charge is -2.46. The van der Waals surface area contributed by atoms with E-state index in [4.69, 9.17) is 0 Å². The molecule has 3 rings (SSSR count). The van der Waals surface area contributed by atoms with Crippen molar-refractivity contribution >= 4 is 43.6 Å². The van der Waals surface area contributed by atoms with E-state index in [0.29, 0.717) is 19.4 Å². The van der Waals surface area contributed by atoms with Gasteiger partial charge in [-0.3, -0.25) is 9.59 Å². The van der Waals surface area contributed by atoms with Crippen LogP contribution in [0.4, 0.5) is 0 Å². The highest BCUT2D eigenvalue weighted by molar-refractivity contribution is 9.25. The largest absolute Gasteiger partial charge is 0.335 e. The van der Waals surface area contributed by atoms with E-state index in [2.05, 4.69) is 31.9 Å². The number of nitrogens with zero attached hydrogens (tertiary/aromatic N) is 1. The smallest absolute Gasteiger partial charge is 0.223 e. The van der Waals surface area contributed by atoms with E-state index < -0.39 is 3.23 Å². The first-order chi connectivity index (χ1) is 9.47. The summed E-state index contributed by atoms with van der Waals surface area (Å²) in [6.07, 6.45) is 1.75. The topological polar surface area (TPSA) is 37.4 Å². The third-order valence-corrected chi connectivity index (χ3v) is 5.59. The number of halogens is 2. The zero-order valence-corrected chi connectivity index (χ0v) is 14.1. The van der Waals surface area contributed by atoms with Gasteiger partial charge in [-0.25, -0.2) is 0 Å². The van der Waals surface area contributed by atoms with Crippen molar-refractivity contribution in [2.75, 3.05) is 0 Å². The molecule has 20 heavy (non-hydrogen) atoms. The number of benzene rings is 1. The van der Waals surface area contributed by atoms with Gasteiger partial charge in [0.05, 0.1) is 0 Å². The Morgan fingerprint density at radius 3 is 2.60 bits per heavy atom. The molecule has 0 N–H and O–H groups in total. The molecule has 0 aromatic heterocycles. The number of likely N-dealkylation sites (tertiary alicyclic amines) is 1. The Balaban J connectivity index is 1.82. The van der Waals surface area contributed by atoms with Gasteiger partial charge in [-0.15, -0.1) is 0 Å². The standard InChI is InChI=1S/C15H15Br2NO2/c16-15(17)8-12-6-11(14(15)20)7-13(19)18(12)9-10-4-2-1-3-5-10/h1-5,11-12H,6-9H2. The molecule has 2 atom stereocenters. The first kappa shape index (κ1) is 14.3. The fraction of sp³-hybridized carbons (Fsp3) is 0.467. The number of piperidine rings is 1. The summed E-state index contributed by atoms with van der Waals surface area (Å²) in [5, 5.41) is 0. The molecule has 1 saturated carbocycles. The van der Waals surface area contributed by atoms with Gasteiger partial charge in [-0.1, -0.05) is 62.2 Å². The summed E-state index contributed by atoms with van der Waals surface area (Å²) in [5.74, 6) is 0.0624. The summed E-state index contributed by atoms with van der Waals surface area (Å²) in [6, 6.07) is 10.1. The van der Waals surface area contributed by atoms with Crippen LogP contribution >= 0.6 is 31.9 Å². The van der Waals surface area contributed by atoms with E-state index in [-0.39, 0.29) is 23.7 Å². The second-order valence-electron chi connectivity index (χ2n) is 5.57. The van der Waals surface area contributed by atoms with E-state index in [1.54, 1.807) is 0 Å². The molecule has 3 nitrogen and oxygen atoms in total. The molecule has 2 unspecified atom stereocenters. The zero-order valence-electron chi connectivity index (χ0n) is 10.9. The van der Waals surface area contributed by atoms with Gasteiger partial charge >= 0.3 is 0 Å². The van der Waals surface area contributed by atoms with E-state index >= 15 is 0 Å². The molecular weight excluding hydrogens is 386 g/mol. The van der Waals surface area contributed by atoms with Crippen molar-refractivity contribution in [1.82, 2.24) is 4.90 Å². The Kier molecular flexibility index (Phi) is 3.75. The third kappa shape index (κ3) is 2.58. The maximum Gasteiger partial charge on any atom is 0.223 e. The summed E-state index contributed by atoms with van der Waals surface area (Å²) >= 11 is 6.95. The number of hydrogen-bond acceptors (Lipinski definition) is 2. The summed E-state index contributed by atoms with van der Waals surface area (Å²) in [7, 11) is 0. The van der Waals surface area contributed by atoms with Crippen LogP contribution in [-0.4, -0.2) is 25.9 Å². The lowest BCUT2D eigenvalue weighted by atomic mass is 9.78. The Morgan fingerprint density at radius 2 is 1.90 bits per heavy atom. The van der Waals surface area contributed by atoms with Crippen molar-refractivity contribution in [3.8, 4) is 0 Å². The number of alkyl halides is 2. The summed E-state index contributed by atoms with van der Waals surface area (Å²) in [4.78, 5) is 26.4. The van der Waals surface area contributed by atoms with Gasteiger partial charge in [0.2, 0.25) is 5.91 Å². The molecule has 2 aliphatic rings. The number of rotatable bonds is 2. The number of carbonyl (C=O) groups is 2. The van der Waals surface area contributed by atoms with Crippen LogP contribution in [0.15, 0.2) is 30.3 Å². The van der Waals surface area contributed by atoms with Gasteiger partial charge in [0, 0.05) is 31.3 Å². The van der Waals surface area contributed by atoms with Crippen LogP contribution in [0.25, 0.3) is 0 Å². The van der Waals surface area contributed by atoms with Crippen molar-refractivity contribution in [3.05, 3.63) is 35.9 Å². The first-order valence-corrected chi connectivity index (χ1v) is 8.31. The van der Waals surface area contributed by atoms with E-state index in [1.165, 1.54) is 0 Å². The van der Waals surface area contributed by atoms with Gasteiger partial charge in [-0.2, -0.15) is 0 Å². The second kappa shape index (κ2) is 5.26. The van der Waals surface area contributed by atoms with Crippen LogP contribution in [0.3, 0.4) is 0 Å². The number of hydrogen-bond donors (Lipinski definition) is 0. The minimum Gasteiger partial charge on any atom is -0.335 e. The molecule has 1 heterocycles. The summed E-state index contributed by atoms with van der Waals surface area (Å²) in [6.45, 7) is 0.626. The molecule has 1 aromatic carbocycles. The van der Waals surface area contributed by atoms with Crippen molar-refractivity contribution in [1.29, 1.82) is 0 Å². The maximum absolute atomic E-state index is 12.3. The number of Topliss-reactive ketones (excluding diaryl/α,β-unsaturated/α-hetero) is 1. The minimum atomic E-state index is -0.663. The molecule has 1 aromatic rings. The summed E-state index contributed by atoms with van der Waals surface area (Å²) in [5.41, 5.74) is 1.13. The highest BCUT2D eigenvalue weighted by atomic mass is 79.9. The monoisotopic (exact) mass is 399 g/mol. The predicted molar refractivity (Wildman–Crippen MR) is 83.7 cm³/mol. The highest BCUT2D eigenvalue weighted by Gasteiger charge is 2.50. The molecule has 5 heteroatoms. The van der Waals surface area contributed by atoms with Gasteiger partial charge in [0.25, 0.3) is 0 Å². The van der Waals surface area contributed by atoms with Crippen LogP contribution in [-0.2, 0) is 16.1 Å². The van der Waals surface area contributed by atoms with Crippen molar-refractivity contribution in [3.63, 3.8) is 0 Å². The maximum atomic E-state index is 12.3. The minimum absolute atomic E-state index is 0.0963. The Hall–Kier alpha value is -0.680. The van der Waals surface area contributed by atoms with Crippen LogP contribution < -0.4 is 0 Å². The molecule has 1 aliphatic heterocycles. The van der Waals surface area contributed by atoms with Gasteiger partial charge in [-0.05, 0) is 12.0 Å². The Morgan fingerprint density at radius 1 is 1.20 bits per heavy atom. The fourth-order valence-corrected chi connectivity index (χ4v) is 4.55. The SMILES string of the molecule is O=C1CC2CC(CC(Br)(Br)C2=O)N1Cc1ccccc1. The molecular formula is C15H15Br2NO2. The van der Waals surface area contributed by atoms with Crippen LogP contribution in [0, 0.1) is 5.92 Å². The van der Waals surface area contributed by atoms with Crippen molar-refractivity contribution < 1.29 is 9.59 Å². The number of ketones is 1. The van der Waals surface area contributed by atoms with E-state index in [1.807, 2.05) is 35.2 Å². The molecule has 106 valence electrons. The first-order valence-electron chi connectivity index (χ1n) is 6.73. The average Bonchev–Trinajstić information content (AvgIpc) is 2.41. The highest BCUT2D eigenvalue weighted by Crippen LogP contribution is 2.46. The summed E-state index contributed by atoms with van der Waals surface area (Å²) < 4.78 is -0.663. The van der Waals surface area contributed by atoms with Gasteiger partial charge in [0.15, 0.2) is 5.78 Å². The normalized spacial score (nSPS) is 28.6. The molecule has 0 spiro atoms. The third-order valence-electron chi connectivity index (χ3n) is 4.16. The molecule has 1 amide bonds. The van der Waals surface area contributed by atoms with Crippen molar-refractivity contribution in [2.45, 2.75) is 35.1 Å². The second-order valence-corrected chi connectivity index (χ2v) is 9.34. The quantitative estimate of drug-likeness (QED) is 0.714. The number of carbonyl (C=O) groups excluding carboxylic acids is 2. The molecule has 1 aliphatic carbocycles. The number of amides is 1. The van der Waals surface area contributed by atoms with Crippen LogP contribution in [0.5, 0.6) is 0 Å². The van der Waals surface area contributed by atoms with E-state index in [0.717, 1.165) is 12.0 Å². The lowest BCUT2D eigenvalue weighted by molar-refractivity contribution is -0.147.